The molecule has 17 heavy (non-hydrogen) atoms. The summed E-state index contributed by atoms with van der Waals surface area (Å²) in [6.07, 6.45) is 1.29. The lowest BCUT2D eigenvalue weighted by Gasteiger charge is -2.19. The number of ether oxygens (including phenoxy) is 1. The number of nitrogens with zero attached hydrogens (tertiary/aromatic N) is 3. The van der Waals surface area contributed by atoms with Crippen LogP contribution in [0.5, 0.6) is 5.88 Å². The van der Waals surface area contributed by atoms with Crippen LogP contribution in [0.25, 0.3) is 0 Å². The second-order valence-electron chi connectivity index (χ2n) is 3.91. The predicted molar refractivity (Wildman–Crippen MR) is 64.7 cm³/mol. The van der Waals surface area contributed by atoms with Gasteiger partial charge >= 0.3 is 0 Å². The molecule has 0 unspecified atom stereocenters. The van der Waals surface area contributed by atoms with Crippen LogP contribution < -0.4 is 21.1 Å². The van der Waals surface area contributed by atoms with Gasteiger partial charge < -0.3 is 21.1 Å². The maximum atomic E-state index is 10.8. The van der Waals surface area contributed by atoms with E-state index < -0.39 is 5.91 Å². The van der Waals surface area contributed by atoms with E-state index in [4.69, 9.17) is 16.2 Å². The minimum atomic E-state index is -0.461. The molecule has 4 N–H and O–H groups in total. The van der Waals surface area contributed by atoms with E-state index in [1.54, 1.807) is 11.9 Å². The zero-order valence-corrected chi connectivity index (χ0v) is 10.2. The summed E-state index contributed by atoms with van der Waals surface area (Å²) in [5.41, 5.74) is 11.3. The van der Waals surface area contributed by atoms with Crippen LogP contribution in [0.2, 0.25) is 0 Å². The Bertz CT molecular complexity index is 408. The van der Waals surface area contributed by atoms with Crippen molar-refractivity contribution < 1.29 is 9.53 Å². The Kier molecular flexibility index (Phi) is 4.08. The fourth-order valence-corrected chi connectivity index (χ4v) is 1.30. The molecule has 1 rings (SSSR count). The lowest BCUT2D eigenvalue weighted by molar-refractivity contribution is -0.116. The lowest BCUT2D eigenvalue weighted by Crippen LogP contribution is -2.31. The summed E-state index contributed by atoms with van der Waals surface area (Å²) < 4.78 is 5.42. The number of carbonyl (C=O) groups excluding carboxylic acids is 1. The molecule has 0 fully saturated rings. The third kappa shape index (κ3) is 3.47. The third-order valence-electron chi connectivity index (χ3n) is 1.93. The normalized spacial score (nSPS) is 10.4. The average Bonchev–Trinajstić information content (AvgIpc) is 2.19. The first-order valence-corrected chi connectivity index (χ1v) is 5.18. The van der Waals surface area contributed by atoms with E-state index in [0.717, 1.165) is 0 Å². The Hall–Kier alpha value is -2.05. The molecule has 0 aliphatic rings. The highest BCUT2D eigenvalue weighted by atomic mass is 16.5. The van der Waals surface area contributed by atoms with Crippen molar-refractivity contribution in [2.45, 2.75) is 20.0 Å². The van der Waals surface area contributed by atoms with Gasteiger partial charge in [0.25, 0.3) is 0 Å². The number of likely N-dealkylation sites (N-methyl/N-ethyl adjacent to an activating group) is 1. The number of anilines is 2. The largest absolute Gasteiger partial charge is 0.473 e. The molecule has 0 aromatic carbocycles. The van der Waals surface area contributed by atoms with Gasteiger partial charge in [0.15, 0.2) is 5.82 Å². The van der Waals surface area contributed by atoms with E-state index in [0.29, 0.717) is 17.4 Å². The molecular weight excluding hydrogens is 222 g/mol. The molecule has 0 spiro atoms. The van der Waals surface area contributed by atoms with Crippen LogP contribution in [-0.2, 0) is 4.79 Å². The molecule has 7 heteroatoms. The van der Waals surface area contributed by atoms with Crippen molar-refractivity contribution in [1.29, 1.82) is 0 Å². The van der Waals surface area contributed by atoms with Crippen molar-refractivity contribution >= 4 is 17.4 Å². The van der Waals surface area contributed by atoms with E-state index in [-0.39, 0.29) is 12.6 Å². The number of nitrogens with two attached hydrogens (primary N) is 2. The number of hydrogen-bond acceptors (Lipinski definition) is 6. The first-order chi connectivity index (χ1) is 7.91. The molecule has 94 valence electrons. The van der Waals surface area contributed by atoms with E-state index in [1.807, 2.05) is 13.8 Å². The van der Waals surface area contributed by atoms with E-state index in [2.05, 4.69) is 9.97 Å². The number of amides is 1. The van der Waals surface area contributed by atoms with Gasteiger partial charge in [0, 0.05) is 7.05 Å². The molecule has 0 radical (unpaired) electrons. The van der Waals surface area contributed by atoms with E-state index in [1.165, 1.54) is 6.33 Å². The van der Waals surface area contributed by atoms with Crippen LogP contribution in [0.1, 0.15) is 13.8 Å². The molecule has 0 aliphatic heterocycles. The van der Waals surface area contributed by atoms with Crippen molar-refractivity contribution in [3.05, 3.63) is 6.33 Å². The van der Waals surface area contributed by atoms with E-state index in [9.17, 15) is 4.79 Å². The minimum absolute atomic E-state index is 0.0301. The number of rotatable bonds is 5. The zero-order chi connectivity index (χ0) is 13.0. The fraction of sp³-hybridized carbons (Fsp3) is 0.500. The number of carbonyl (C=O) groups is 1. The van der Waals surface area contributed by atoms with Gasteiger partial charge in [-0.3, -0.25) is 4.79 Å². The summed E-state index contributed by atoms with van der Waals surface area (Å²) in [4.78, 5) is 20.3. The maximum Gasteiger partial charge on any atom is 0.242 e. The Balaban J connectivity index is 2.97. The number of nitrogen functional groups attached to an aromatic ring is 1. The smallest absolute Gasteiger partial charge is 0.242 e. The minimum Gasteiger partial charge on any atom is -0.473 e. The number of aromatic nitrogens is 2. The molecule has 1 aromatic rings. The van der Waals surface area contributed by atoms with Gasteiger partial charge in [0.2, 0.25) is 11.8 Å². The maximum absolute atomic E-state index is 10.8. The summed E-state index contributed by atoms with van der Waals surface area (Å²) in [5.74, 6) is 0.271. The summed E-state index contributed by atoms with van der Waals surface area (Å²) in [6.45, 7) is 3.77. The second-order valence-corrected chi connectivity index (χ2v) is 3.91. The first-order valence-electron chi connectivity index (χ1n) is 5.18. The molecule has 7 nitrogen and oxygen atoms in total. The van der Waals surface area contributed by atoms with E-state index >= 15 is 0 Å². The topological polar surface area (TPSA) is 107 Å². The van der Waals surface area contributed by atoms with Gasteiger partial charge in [-0.1, -0.05) is 0 Å². The molecular formula is C10H17N5O2. The third-order valence-corrected chi connectivity index (χ3v) is 1.93. The highest BCUT2D eigenvalue weighted by Crippen LogP contribution is 2.27. The SMILES string of the molecule is CC(C)Oc1ncnc(N(C)CC(N)=O)c1N. The van der Waals surface area contributed by atoms with Gasteiger partial charge in [-0.15, -0.1) is 0 Å². The molecule has 1 heterocycles. The van der Waals surface area contributed by atoms with Gasteiger partial charge in [0.1, 0.15) is 12.0 Å². The fourth-order valence-electron chi connectivity index (χ4n) is 1.30. The van der Waals surface area contributed by atoms with Gasteiger partial charge in [-0.05, 0) is 13.8 Å². The Labute approximate surface area is 99.8 Å². The highest BCUT2D eigenvalue weighted by molar-refractivity contribution is 5.81. The summed E-state index contributed by atoms with van der Waals surface area (Å²) in [5, 5.41) is 0. The van der Waals surface area contributed by atoms with Crippen LogP contribution >= 0.6 is 0 Å². The van der Waals surface area contributed by atoms with Crippen LogP contribution in [0.15, 0.2) is 6.33 Å². The standard InChI is InChI=1S/C10H17N5O2/c1-6(2)17-10-8(12)9(13-5-14-10)15(3)4-7(11)16/h5-6H,4,12H2,1-3H3,(H2,11,16). The summed E-state index contributed by atoms with van der Waals surface area (Å²) in [7, 11) is 1.67. The summed E-state index contributed by atoms with van der Waals surface area (Å²) in [6, 6.07) is 0. The van der Waals surface area contributed by atoms with Crippen LogP contribution in [0.3, 0.4) is 0 Å². The average molecular weight is 239 g/mol. The van der Waals surface area contributed by atoms with Gasteiger partial charge in [0.05, 0.1) is 12.6 Å². The molecule has 0 aliphatic carbocycles. The molecule has 1 amide bonds. The Morgan fingerprint density at radius 3 is 2.71 bits per heavy atom. The second kappa shape index (κ2) is 5.33. The van der Waals surface area contributed by atoms with Crippen LogP contribution in [0.4, 0.5) is 11.5 Å². The number of hydrogen-bond donors (Lipinski definition) is 2. The lowest BCUT2D eigenvalue weighted by atomic mass is 10.4. The molecule has 0 saturated carbocycles. The Morgan fingerprint density at radius 2 is 2.18 bits per heavy atom. The van der Waals surface area contributed by atoms with Gasteiger partial charge in [-0.2, -0.15) is 4.98 Å². The van der Waals surface area contributed by atoms with Gasteiger partial charge in [-0.25, -0.2) is 4.98 Å². The predicted octanol–water partition coefficient (Wildman–Crippen LogP) is -0.232. The van der Waals surface area contributed by atoms with Crippen LogP contribution in [-0.4, -0.2) is 35.6 Å². The zero-order valence-electron chi connectivity index (χ0n) is 10.2. The quantitative estimate of drug-likeness (QED) is 0.734. The molecule has 0 bridgehead atoms. The first kappa shape index (κ1) is 13.0. The van der Waals surface area contributed by atoms with Crippen molar-refractivity contribution in [1.82, 2.24) is 9.97 Å². The van der Waals surface area contributed by atoms with Crippen molar-refractivity contribution in [2.75, 3.05) is 24.2 Å². The van der Waals surface area contributed by atoms with Crippen molar-refractivity contribution in [2.24, 2.45) is 5.73 Å². The molecule has 0 atom stereocenters. The highest BCUT2D eigenvalue weighted by Gasteiger charge is 2.15. The molecule has 1 aromatic heterocycles. The molecule has 0 saturated heterocycles. The van der Waals surface area contributed by atoms with Crippen molar-refractivity contribution in [3.8, 4) is 5.88 Å². The van der Waals surface area contributed by atoms with Crippen LogP contribution in [0, 0.1) is 0 Å². The number of primary amides is 1. The Morgan fingerprint density at radius 1 is 1.53 bits per heavy atom. The monoisotopic (exact) mass is 239 g/mol. The summed E-state index contributed by atoms with van der Waals surface area (Å²) >= 11 is 0. The van der Waals surface area contributed by atoms with Crippen molar-refractivity contribution in [3.63, 3.8) is 0 Å².